The molecule has 104 valence electrons. The number of benzene rings is 2. The van der Waals surface area contributed by atoms with Crippen LogP contribution < -0.4 is 11.1 Å². The maximum atomic E-state index is 13.4. The van der Waals surface area contributed by atoms with E-state index >= 15 is 0 Å². The lowest BCUT2D eigenvalue weighted by molar-refractivity contribution is 0.0946. The van der Waals surface area contributed by atoms with E-state index in [2.05, 4.69) is 5.32 Å². The summed E-state index contributed by atoms with van der Waals surface area (Å²) in [5, 5.41) is 2.31. The molecule has 0 aliphatic rings. The molecule has 3 N–H and O–H groups in total. The fourth-order valence-electron chi connectivity index (χ4n) is 1.67. The lowest BCUT2D eigenvalue weighted by Crippen LogP contribution is -2.24. The fraction of sp³-hybridized carbons (Fsp3) is 0.0714. The van der Waals surface area contributed by atoms with E-state index in [0.717, 1.165) is 24.3 Å². The van der Waals surface area contributed by atoms with Crippen LogP contribution in [0.2, 0.25) is 0 Å². The van der Waals surface area contributed by atoms with Gasteiger partial charge in [0.1, 0.15) is 17.5 Å². The Labute approximate surface area is 113 Å². The average molecular weight is 280 g/mol. The molecule has 0 unspecified atom stereocenters. The number of rotatable bonds is 3. The number of anilines is 1. The molecule has 2 rings (SSSR count). The highest BCUT2D eigenvalue weighted by atomic mass is 19.1. The number of hydrogen-bond acceptors (Lipinski definition) is 2. The van der Waals surface area contributed by atoms with E-state index in [4.69, 9.17) is 5.73 Å². The van der Waals surface area contributed by atoms with Crippen molar-refractivity contribution in [3.05, 3.63) is 65.0 Å². The van der Waals surface area contributed by atoms with Gasteiger partial charge in [-0.3, -0.25) is 4.79 Å². The summed E-state index contributed by atoms with van der Waals surface area (Å²) in [6.07, 6.45) is 0. The highest BCUT2D eigenvalue weighted by molar-refractivity contribution is 5.95. The number of carbonyl (C=O) groups is 1. The quantitative estimate of drug-likeness (QED) is 0.849. The van der Waals surface area contributed by atoms with Crippen molar-refractivity contribution in [2.75, 3.05) is 5.73 Å². The first-order chi connectivity index (χ1) is 9.47. The second-order valence-corrected chi connectivity index (χ2v) is 4.16. The van der Waals surface area contributed by atoms with E-state index in [-0.39, 0.29) is 23.4 Å². The highest BCUT2D eigenvalue weighted by Crippen LogP contribution is 2.13. The summed E-state index contributed by atoms with van der Waals surface area (Å²) in [7, 11) is 0. The molecule has 6 heteroatoms. The standard InChI is InChI=1S/C14H11F3N2O/c15-9-1-3-12(16)8(5-9)7-19-14(20)11-6-10(18)2-4-13(11)17/h1-6H,7,18H2,(H,19,20). The van der Waals surface area contributed by atoms with Crippen LogP contribution >= 0.6 is 0 Å². The van der Waals surface area contributed by atoms with E-state index in [1.54, 1.807) is 0 Å². The summed E-state index contributed by atoms with van der Waals surface area (Å²) >= 11 is 0. The van der Waals surface area contributed by atoms with Crippen LogP contribution in [0.5, 0.6) is 0 Å². The summed E-state index contributed by atoms with van der Waals surface area (Å²) in [4.78, 5) is 11.8. The topological polar surface area (TPSA) is 55.1 Å². The van der Waals surface area contributed by atoms with Crippen molar-refractivity contribution in [1.82, 2.24) is 5.32 Å². The minimum absolute atomic E-state index is 0.0253. The molecule has 0 fully saturated rings. The van der Waals surface area contributed by atoms with Gasteiger partial charge in [-0.2, -0.15) is 0 Å². The van der Waals surface area contributed by atoms with Crippen molar-refractivity contribution in [2.24, 2.45) is 0 Å². The summed E-state index contributed by atoms with van der Waals surface area (Å²) in [5.41, 5.74) is 5.42. The van der Waals surface area contributed by atoms with Gasteiger partial charge in [0.2, 0.25) is 0 Å². The molecule has 2 aromatic carbocycles. The molecule has 0 radical (unpaired) electrons. The van der Waals surface area contributed by atoms with E-state index in [9.17, 15) is 18.0 Å². The van der Waals surface area contributed by atoms with Crippen molar-refractivity contribution in [3.8, 4) is 0 Å². The number of nitrogens with one attached hydrogen (secondary N) is 1. The first kappa shape index (κ1) is 13.9. The average Bonchev–Trinajstić information content (AvgIpc) is 2.42. The predicted molar refractivity (Wildman–Crippen MR) is 68.3 cm³/mol. The molecular weight excluding hydrogens is 269 g/mol. The highest BCUT2D eigenvalue weighted by Gasteiger charge is 2.13. The Bertz CT molecular complexity index is 659. The Hall–Kier alpha value is -2.50. The van der Waals surface area contributed by atoms with Gasteiger partial charge in [0, 0.05) is 17.8 Å². The van der Waals surface area contributed by atoms with Crippen molar-refractivity contribution in [2.45, 2.75) is 6.54 Å². The number of carbonyl (C=O) groups excluding carboxylic acids is 1. The second kappa shape index (κ2) is 5.64. The zero-order valence-corrected chi connectivity index (χ0v) is 10.3. The molecule has 0 spiro atoms. The number of nitrogen functional groups attached to an aromatic ring is 1. The van der Waals surface area contributed by atoms with Gasteiger partial charge in [-0.05, 0) is 36.4 Å². The molecule has 0 aliphatic carbocycles. The molecule has 0 saturated carbocycles. The van der Waals surface area contributed by atoms with E-state index in [0.29, 0.717) is 0 Å². The molecule has 0 saturated heterocycles. The minimum Gasteiger partial charge on any atom is -0.399 e. The first-order valence-corrected chi connectivity index (χ1v) is 5.74. The predicted octanol–water partition coefficient (Wildman–Crippen LogP) is 2.62. The van der Waals surface area contributed by atoms with Gasteiger partial charge in [-0.1, -0.05) is 0 Å². The largest absolute Gasteiger partial charge is 0.399 e. The summed E-state index contributed by atoms with van der Waals surface area (Å²) in [6, 6.07) is 6.44. The molecule has 0 aliphatic heterocycles. The Morgan fingerprint density at radius 2 is 1.75 bits per heavy atom. The molecule has 0 heterocycles. The van der Waals surface area contributed by atoms with E-state index in [1.165, 1.54) is 12.1 Å². The monoisotopic (exact) mass is 280 g/mol. The van der Waals surface area contributed by atoms with Gasteiger partial charge >= 0.3 is 0 Å². The summed E-state index contributed by atoms with van der Waals surface area (Å²) in [6.45, 7) is -0.253. The van der Waals surface area contributed by atoms with Crippen LogP contribution in [0.4, 0.5) is 18.9 Å². The lowest BCUT2D eigenvalue weighted by atomic mass is 10.1. The zero-order chi connectivity index (χ0) is 14.7. The molecule has 0 bridgehead atoms. The fourth-order valence-corrected chi connectivity index (χ4v) is 1.67. The van der Waals surface area contributed by atoms with Crippen LogP contribution in [0.25, 0.3) is 0 Å². The van der Waals surface area contributed by atoms with Crippen LogP contribution in [-0.4, -0.2) is 5.91 Å². The van der Waals surface area contributed by atoms with Crippen LogP contribution in [0.15, 0.2) is 36.4 Å². The maximum Gasteiger partial charge on any atom is 0.254 e. The van der Waals surface area contributed by atoms with Gasteiger partial charge < -0.3 is 11.1 Å². The van der Waals surface area contributed by atoms with Crippen molar-refractivity contribution < 1.29 is 18.0 Å². The van der Waals surface area contributed by atoms with Gasteiger partial charge in [0.25, 0.3) is 5.91 Å². The van der Waals surface area contributed by atoms with Crippen LogP contribution in [-0.2, 0) is 6.54 Å². The number of nitrogens with two attached hydrogens (primary N) is 1. The molecule has 3 nitrogen and oxygen atoms in total. The molecular formula is C14H11F3N2O. The van der Waals surface area contributed by atoms with Crippen molar-refractivity contribution in [3.63, 3.8) is 0 Å². The van der Waals surface area contributed by atoms with Gasteiger partial charge in [0.05, 0.1) is 5.56 Å². The third-order valence-electron chi connectivity index (χ3n) is 2.68. The Morgan fingerprint density at radius 3 is 2.50 bits per heavy atom. The lowest BCUT2D eigenvalue weighted by Gasteiger charge is -2.08. The minimum atomic E-state index is -0.751. The molecule has 2 aromatic rings. The van der Waals surface area contributed by atoms with Gasteiger partial charge in [0.15, 0.2) is 0 Å². The number of hydrogen-bond donors (Lipinski definition) is 2. The third-order valence-corrected chi connectivity index (χ3v) is 2.68. The van der Waals surface area contributed by atoms with Crippen molar-refractivity contribution >= 4 is 11.6 Å². The molecule has 0 atom stereocenters. The zero-order valence-electron chi connectivity index (χ0n) is 10.3. The Balaban J connectivity index is 2.12. The van der Waals surface area contributed by atoms with E-state index in [1.807, 2.05) is 0 Å². The molecule has 1 amide bonds. The SMILES string of the molecule is Nc1ccc(F)c(C(=O)NCc2cc(F)ccc2F)c1. The van der Waals surface area contributed by atoms with Crippen molar-refractivity contribution in [1.29, 1.82) is 0 Å². The molecule has 20 heavy (non-hydrogen) atoms. The summed E-state index contributed by atoms with van der Waals surface area (Å²) < 4.78 is 39.7. The smallest absolute Gasteiger partial charge is 0.254 e. The summed E-state index contributed by atoms with van der Waals surface area (Å²) in [5.74, 6) is -2.76. The van der Waals surface area contributed by atoms with Crippen LogP contribution in [0.3, 0.4) is 0 Å². The first-order valence-electron chi connectivity index (χ1n) is 5.74. The molecule has 0 aromatic heterocycles. The van der Waals surface area contributed by atoms with E-state index < -0.39 is 23.4 Å². The van der Waals surface area contributed by atoms with Gasteiger partial charge in [-0.15, -0.1) is 0 Å². The number of halogens is 3. The Morgan fingerprint density at radius 1 is 1.05 bits per heavy atom. The van der Waals surface area contributed by atoms with Crippen LogP contribution in [0.1, 0.15) is 15.9 Å². The normalized spacial score (nSPS) is 10.3. The van der Waals surface area contributed by atoms with Crippen LogP contribution in [0, 0.1) is 17.5 Å². The third kappa shape index (κ3) is 3.09. The maximum absolute atomic E-state index is 13.4. The second-order valence-electron chi connectivity index (χ2n) is 4.16. The number of amides is 1. The van der Waals surface area contributed by atoms with Gasteiger partial charge in [-0.25, -0.2) is 13.2 Å². The Kier molecular flexibility index (Phi) is 3.93.